The average molecular weight is 288 g/mol. The van der Waals surface area contributed by atoms with Crippen LogP contribution in [0.3, 0.4) is 0 Å². The molecule has 0 unspecified atom stereocenters. The molecule has 0 aromatic heterocycles. The lowest BCUT2D eigenvalue weighted by Gasteiger charge is -2.34. The Labute approximate surface area is 128 Å². The normalized spacial score (nSPS) is 15.9. The van der Waals surface area contributed by atoms with Crippen LogP contribution in [0.15, 0.2) is 24.3 Å². The summed E-state index contributed by atoms with van der Waals surface area (Å²) in [5, 5.41) is 0. The number of carbonyl (C=O) groups is 1. The first kappa shape index (κ1) is 16.0. The number of nitrogens with two attached hydrogens (primary N) is 1. The summed E-state index contributed by atoms with van der Waals surface area (Å²) in [5.74, 6) is 0.179. The summed E-state index contributed by atoms with van der Waals surface area (Å²) < 4.78 is 0. The molecule has 1 aromatic rings. The van der Waals surface area contributed by atoms with Gasteiger partial charge in [0.15, 0.2) is 0 Å². The molecule has 0 heterocycles. The summed E-state index contributed by atoms with van der Waals surface area (Å²) in [5.41, 5.74) is 7.74. The SMILES string of the molecule is CCc1ccc(C(=O)N(CCCN)C2CCCCC2)cc1. The smallest absolute Gasteiger partial charge is 0.254 e. The van der Waals surface area contributed by atoms with Crippen LogP contribution in [-0.4, -0.2) is 29.9 Å². The first-order valence-electron chi connectivity index (χ1n) is 8.36. The molecular formula is C18H28N2O. The van der Waals surface area contributed by atoms with Crippen molar-refractivity contribution >= 4 is 5.91 Å². The van der Waals surface area contributed by atoms with E-state index in [-0.39, 0.29) is 5.91 Å². The standard InChI is InChI=1S/C18H28N2O/c1-2-15-9-11-16(12-10-15)18(21)20(14-6-13-19)17-7-4-3-5-8-17/h9-12,17H,2-8,13-14,19H2,1H3. The van der Waals surface area contributed by atoms with Gasteiger partial charge in [-0.1, -0.05) is 38.3 Å². The van der Waals surface area contributed by atoms with E-state index in [1.54, 1.807) is 0 Å². The lowest BCUT2D eigenvalue weighted by atomic mass is 9.93. The second kappa shape index (κ2) is 8.18. The quantitative estimate of drug-likeness (QED) is 0.872. The Morgan fingerprint density at radius 3 is 2.43 bits per heavy atom. The van der Waals surface area contributed by atoms with Gasteiger partial charge in [0.05, 0.1) is 0 Å². The van der Waals surface area contributed by atoms with Crippen molar-refractivity contribution in [2.45, 2.75) is 57.9 Å². The fraction of sp³-hybridized carbons (Fsp3) is 0.611. The van der Waals surface area contributed by atoms with Crippen molar-refractivity contribution in [2.24, 2.45) is 5.73 Å². The van der Waals surface area contributed by atoms with E-state index in [1.165, 1.54) is 24.8 Å². The van der Waals surface area contributed by atoms with Crippen LogP contribution in [0.4, 0.5) is 0 Å². The van der Waals surface area contributed by atoms with E-state index in [0.717, 1.165) is 37.8 Å². The molecule has 1 saturated carbocycles. The van der Waals surface area contributed by atoms with Crippen molar-refractivity contribution < 1.29 is 4.79 Å². The minimum atomic E-state index is 0.179. The second-order valence-electron chi connectivity index (χ2n) is 5.98. The first-order chi connectivity index (χ1) is 10.3. The van der Waals surface area contributed by atoms with Crippen LogP contribution in [0.5, 0.6) is 0 Å². The zero-order valence-corrected chi connectivity index (χ0v) is 13.2. The van der Waals surface area contributed by atoms with Crippen LogP contribution in [0, 0.1) is 0 Å². The lowest BCUT2D eigenvalue weighted by Crippen LogP contribution is -2.42. The summed E-state index contributed by atoms with van der Waals surface area (Å²) in [6.45, 7) is 3.56. The molecule has 0 radical (unpaired) electrons. The Balaban J connectivity index is 2.11. The number of rotatable bonds is 6. The van der Waals surface area contributed by atoms with Gasteiger partial charge in [-0.05, 0) is 49.9 Å². The van der Waals surface area contributed by atoms with E-state index in [4.69, 9.17) is 5.73 Å². The molecule has 1 aliphatic rings. The van der Waals surface area contributed by atoms with Gasteiger partial charge in [0.2, 0.25) is 0 Å². The Morgan fingerprint density at radius 2 is 1.86 bits per heavy atom. The molecule has 116 valence electrons. The molecule has 0 saturated heterocycles. The minimum absolute atomic E-state index is 0.179. The van der Waals surface area contributed by atoms with E-state index >= 15 is 0 Å². The summed E-state index contributed by atoms with van der Waals surface area (Å²) in [6, 6.07) is 8.48. The highest BCUT2D eigenvalue weighted by Crippen LogP contribution is 2.24. The maximum Gasteiger partial charge on any atom is 0.254 e. The molecule has 3 nitrogen and oxygen atoms in total. The van der Waals surface area contributed by atoms with Gasteiger partial charge in [-0.15, -0.1) is 0 Å². The van der Waals surface area contributed by atoms with Crippen molar-refractivity contribution in [3.8, 4) is 0 Å². The molecule has 2 rings (SSSR count). The third-order valence-electron chi connectivity index (χ3n) is 4.49. The third-order valence-corrected chi connectivity index (χ3v) is 4.49. The van der Waals surface area contributed by atoms with Crippen molar-refractivity contribution in [2.75, 3.05) is 13.1 Å². The second-order valence-corrected chi connectivity index (χ2v) is 5.98. The van der Waals surface area contributed by atoms with Crippen LogP contribution >= 0.6 is 0 Å². The van der Waals surface area contributed by atoms with Crippen LogP contribution in [0.25, 0.3) is 0 Å². The molecular weight excluding hydrogens is 260 g/mol. The first-order valence-corrected chi connectivity index (χ1v) is 8.36. The molecule has 1 fully saturated rings. The van der Waals surface area contributed by atoms with E-state index in [2.05, 4.69) is 24.0 Å². The highest BCUT2D eigenvalue weighted by molar-refractivity contribution is 5.94. The molecule has 2 N–H and O–H groups in total. The minimum Gasteiger partial charge on any atom is -0.336 e. The third kappa shape index (κ3) is 4.31. The number of amides is 1. The van der Waals surface area contributed by atoms with E-state index in [1.807, 2.05) is 12.1 Å². The number of hydrogen-bond acceptors (Lipinski definition) is 2. The topological polar surface area (TPSA) is 46.3 Å². The monoisotopic (exact) mass is 288 g/mol. The fourth-order valence-electron chi connectivity index (χ4n) is 3.15. The van der Waals surface area contributed by atoms with Crippen LogP contribution in [-0.2, 0) is 6.42 Å². The van der Waals surface area contributed by atoms with E-state index < -0.39 is 0 Å². The van der Waals surface area contributed by atoms with Gasteiger partial charge in [0.1, 0.15) is 0 Å². The van der Waals surface area contributed by atoms with Crippen LogP contribution < -0.4 is 5.73 Å². The highest BCUT2D eigenvalue weighted by Gasteiger charge is 2.25. The molecule has 0 atom stereocenters. The fourth-order valence-corrected chi connectivity index (χ4v) is 3.15. The van der Waals surface area contributed by atoms with Gasteiger partial charge in [-0.25, -0.2) is 0 Å². The molecule has 0 spiro atoms. The number of benzene rings is 1. The molecule has 1 aliphatic carbocycles. The number of carbonyl (C=O) groups excluding carboxylic acids is 1. The Kier molecular flexibility index (Phi) is 6.24. The van der Waals surface area contributed by atoms with Crippen LogP contribution in [0.1, 0.15) is 61.4 Å². The molecule has 1 aromatic carbocycles. The summed E-state index contributed by atoms with van der Waals surface area (Å²) in [7, 11) is 0. The molecule has 0 aliphatic heterocycles. The van der Waals surface area contributed by atoms with Crippen LogP contribution in [0.2, 0.25) is 0 Å². The van der Waals surface area contributed by atoms with Gasteiger partial charge in [0.25, 0.3) is 5.91 Å². The Bertz CT molecular complexity index is 435. The molecule has 21 heavy (non-hydrogen) atoms. The number of hydrogen-bond donors (Lipinski definition) is 1. The number of aryl methyl sites for hydroxylation is 1. The maximum atomic E-state index is 12.8. The van der Waals surface area contributed by atoms with Crippen molar-refractivity contribution in [3.05, 3.63) is 35.4 Å². The lowest BCUT2D eigenvalue weighted by molar-refractivity contribution is 0.0633. The van der Waals surface area contributed by atoms with E-state index in [0.29, 0.717) is 12.6 Å². The Morgan fingerprint density at radius 1 is 1.19 bits per heavy atom. The van der Waals surface area contributed by atoms with Crippen molar-refractivity contribution in [1.82, 2.24) is 4.90 Å². The van der Waals surface area contributed by atoms with Crippen molar-refractivity contribution in [3.63, 3.8) is 0 Å². The van der Waals surface area contributed by atoms with Gasteiger partial charge in [0, 0.05) is 18.2 Å². The Hall–Kier alpha value is -1.35. The zero-order chi connectivity index (χ0) is 15.1. The predicted octanol–water partition coefficient (Wildman–Crippen LogP) is 3.37. The highest BCUT2D eigenvalue weighted by atomic mass is 16.2. The van der Waals surface area contributed by atoms with Gasteiger partial charge < -0.3 is 10.6 Å². The van der Waals surface area contributed by atoms with Gasteiger partial charge in [-0.2, -0.15) is 0 Å². The molecule has 0 bridgehead atoms. The molecule has 3 heteroatoms. The van der Waals surface area contributed by atoms with E-state index in [9.17, 15) is 4.79 Å². The van der Waals surface area contributed by atoms with Gasteiger partial charge in [-0.3, -0.25) is 4.79 Å². The summed E-state index contributed by atoms with van der Waals surface area (Å²) in [4.78, 5) is 14.9. The maximum absolute atomic E-state index is 12.8. The average Bonchev–Trinajstić information content (AvgIpc) is 2.56. The number of nitrogens with zero attached hydrogens (tertiary/aromatic N) is 1. The zero-order valence-electron chi connectivity index (χ0n) is 13.2. The largest absolute Gasteiger partial charge is 0.336 e. The predicted molar refractivity (Wildman–Crippen MR) is 87.4 cm³/mol. The van der Waals surface area contributed by atoms with Gasteiger partial charge >= 0.3 is 0 Å². The summed E-state index contributed by atoms with van der Waals surface area (Å²) >= 11 is 0. The van der Waals surface area contributed by atoms with Crippen molar-refractivity contribution in [1.29, 1.82) is 0 Å². The molecule has 1 amide bonds. The summed E-state index contributed by atoms with van der Waals surface area (Å²) in [6.07, 6.45) is 7.97.